The number of hydrogen-bond acceptors (Lipinski definition) is 3. The predicted octanol–water partition coefficient (Wildman–Crippen LogP) is 3.31. The first-order chi connectivity index (χ1) is 7.85. The van der Waals surface area contributed by atoms with Crippen molar-refractivity contribution in [3.63, 3.8) is 0 Å². The van der Waals surface area contributed by atoms with E-state index >= 15 is 0 Å². The molecule has 0 aliphatic heterocycles. The highest BCUT2D eigenvalue weighted by Crippen LogP contribution is 2.26. The molecule has 2 N–H and O–H groups in total. The lowest BCUT2D eigenvalue weighted by Gasteiger charge is -2.24. The number of halogens is 1. The molecule has 1 aromatic rings. The van der Waals surface area contributed by atoms with Crippen LogP contribution in [0.25, 0.3) is 0 Å². The first-order valence-electron chi connectivity index (χ1n) is 5.57. The molecule has 0 aliphatic rings. The van der Waals surface area contributed by atoms with E-state index in [2.05, 4.69) is 6.92 Å². The largest absolute Gasteiger partial charge is 0.325 e. The summed E-state index contributed by atoms with van der Waals surface area (Å²) in [5, 5.41) is 11.0. The second kappa shape index (κ2) is 5.47. The van der Waals surface area contributed by atoms with Crippen LogP contribution in [-0.2, 0) is 6.42 Å². The highest BCUT2D eigenvalue weighted by atomic mass is 35.5. The van der Waals surface area contributed by atoms with E-state index in [1.54, 1.807) is 6.07 Å². The maximum Gasteiger partial charge on any atom is 0.270 e. The van der Waals surface area contributed by atoms with Gasteiger partial charge in [-0.15, -0.1) is 0 Å². The van der Waals surface area contributed by atoms with Crippen molar-refractivity contribution in [2.24, 2.45) is 5.73 Å². The number of hydrogen-bond donors (Lipinski definition) is 1. The summed E-state index contributed by atoms with van der Waals surface area (Å²) in [6, 6.07) is 4.52. The Morgan fingerprint density at radius 3 is 2.65 bits per heavy atom. The quantitative estimate of drug-likeness (QED) is 0.649. The monoisotopic (exact) mass is 256 g/mol. The molecule has 5 heteroatoms. The summed E-state index contributed by atoms with van der Waals surface area (Å²) >= 11 is 6.02. The smallest absolute Gasteiger partial charge is 0.270 e. The van der Waals surface area contributed by atoms with Gasteiger partial charge in [0.2, 0.25) is 0 Å². The third kappa shape index (κ3) is 3.98. The zero-order chi connectivity index (χ0) is 13.1. The Kier molecular flexibility index (Phi) is 4.48. The second-order valence-electron chi connectivity index (χ2n) is 4.61. The number of nitro groups is 1. The van der Waals surface area contributed by atoms with E-state index in [1.807, 2.05) is 6.92 Å². The summed E-state index contributed by atoms with van der Waals surface area (Å²) in [5.41, 5.74) is 6.67. The second-order valence-corrected chi connectivity index (χ2v) is 5.02. The number of nitrogens with two attached hydrogens (primary N) is 1. The molecule has 1 aromatic carbocycles. The summed E-state index contributed by atoms with van der Waals surface area (Å²) in [5.74, 6) is 0. The Bertz CT molecular complexity index is 419. The highest BCUT2D eigenvalue weighted by Gasteiger charge is 2.20. The van der Waals surface area contributed by atoms with Gasteiger partial charge in [0.15, 0.2) is 0 Å². The minimum Gasteiger partial charge on any atom is -0.325 e. The Balaban J connectivity index is 2.90. The van der Waals surface area contributed by atoms with Gasteiger partial charge in [0.1, 0.15) is 0 Å². The Morgan fingerprint density at radius 1 is 1.53 bits per heavy atom. The van der Waals surface area contributed by atoms with Crippen molar-refractivity contribution < 1.29 is 4.92 Å². The van der Waals surface area contributed by atoms with Crippen molar-refractivity contribution in [2.75, 3.05) is 0 Å². The maximum atomic E-state index is 10.6. The lowest BCUT2D eigenvalue weighted by molar-refractivity contribution is -0.384. The Morgan fingerprint density at radius 2 is 2.18 bits per heavy atom. The van der Waals surface area contributed by atoms with E-state index in [4.69, 9.17) is 17.3 Å². The standard InChI is InChI=1S/C12H17ClN2O2/c1-3-6-12(2,14)8-9-4-5-10(15(16)17)7-11(9)13/h4-5,7H,3,6,8,14H2,1-2H3. The molecule has 0 bridgehead atoms. The third-order valence-electron chi connectivity index (χ3n) is 2.66. The fourth-order valence-electron chi connectivity index (χ4n) is 1.89. The van der Waals surface area contributed by atoms with Gasteiger partial charge in [-0.05, 0) is 25.3 Å². The molecule has 0 saturated carbocycles. The van der Waals surface area contributed by atoms with Crippen molar-refractivity contribution >= 4 is 17.3 Å². The molecule has 0 aromatic heterocycles. The van der Waals surface area contributed by atoms with Gasteiger partial charge in [0.25, 0.3) is 5.69 Å². The van der Waals surface area contributed by atoms with Crippen LogP contribution in [0.2, 0.25) is 5.02 Å². The molecule has 0 heterocycles. The molecule has 0 amide bonds. The number of benzene rings is 1. The molecule has 1 rings (SSSR count). The van der Waals surface area contributed by atoms with E-state index < -0.39 is 4.92 Å². The van der Waals surface area contributed by atoms with Crippen LogP contribution in [0.1, 0.15) is 32.3 Å². The van der Waals surface area contributed by atoms with Crippen LogP contribution in [-0.4, -0.2) is 10.5 Å². The van der Waals surface area contributed by atoms with Crippen LogP contribution < -0.4 is 5.73 Å². The van der Waals surface area contributed by atoms with E-state index in [-0.39, 0.29) is 11.2 Å². The van der Waals surface area contributed by atoms with E-state index in [0.717, 1.165) is 18.4 Å². The van der Waals surface area contributed by atoms with Crippen LogP contribution in [0, 0.1) is 10.1 Å². The minimum absolute atomic E-state index is 0.00738. The zero-order valence-electron chi connectivity index (χ0n) is 10.1. The molecule has 1 atom stereocenters. The van der Waals surface area contributed by atoms with Gasteiger partial charge in [0, 0.05) is 17.7 Å². The maximum absolute atomic E-state index is 10.6. The van der Waals surface area contributed by atoms with Crippen molar-refractivity contribution in [1.82, 2.24) is 0 Å². The predicted molar refractivity (Wildman–Crippen MR) is 69.3 cm³/mol. The van der Waals surface area contributed by atoms with Crippen LogP contribution in [0.5, 0.6) is 0 Å². The summed E-state index contributed by atoms with van der Waals surface area (Å²) in [4.78, 5) is 10.1. The molecule has 0 fully saturated rings. The number of non-ortho nitro benzene ring substituents is 1. The normalized spacial score (nSPS) is 14.4. The van der Waals surface area contributed by atoms with Gasteiger partial charge in [-0.2, -0.15) is 0 Å². The Hall–Kier alpha value is -1.13. The molecular formula is C12H17ClN2O2. The lowest BCUT2D eigenvalue weighted by Crippen LogP contribution is -2.38. The van der Waals surface area contributed by atoms with Crippen molar-refractivity contribution in [3.8, 4) is 0 Å². The van der Waals surface area contributed by atoms with Crippen LogP contribution >= 0.6 is 11.6 Å². The first-order valence-corrected chi connectivity index (χ1v) is 5.95. The van der Waals surface area contributed by atoms with E-state index in [9.17, 15) is 10.1 Å². The van der Waals surface area contributed by atoms with Gasteiger partial charge in [0.05, 0.1) is 9.95 Å². The summed E-state index contributed by atoms with van der Waals surface area (Å²) < 4.78 is 0. The number of nitro benzene ring substituents is 1. The van der Waals surface area contributed by atoms with E-state index in [0.29, 0.717) is 11.4 Å². The van der Waals surface area contributed by atoms with Crippen LogP contribution in [0.15, 0.2) is 18.2 Å². The SMILES string of the molecule is CCCC(C)(N)Cc1ccc([N+](=O)[O-])cc1Cl. The average molecular weight is 257 g/mol. The molecule has 1 unspecified atom stereocenters. The first kappa shape index (κ1) is 13.9. The summed E-state index contributed by atoms with van der Waals surface area (Å²) in [6.45, 7) is 4.04. The fraction of sp³-hybridized carbons (Fsp3) is 0.500. The molecule has 0 aliphatic carbocycles. The van der Waals surface area contributed by atoms with Gasteiger partial charge in [-0.3, -0.25) is 10.1 Å². The van der Waals surface area contributed by atoms with Gasteiger partial charge in [-0.1, -0.05) is 31.0 Å². The van der Waals surface area contributed by atoms with Gasteiger partial charge in [-0.25, -0.2) is 0 Å². The van der Waals surface area contributed by atoms with Crippen molar-refractivity contribution in [3.05, 3.63) is 38.9 Å². The Labute approximate surface area is 106 Å². The summed E-state index contributed by atoms with van der Waals surface area (Å²) in [7, 11) is 0. The molecule has 94 valence electrons. The lowest BCUT2D eigenvalue weighted by atomic mass is 9.89. The third-order valence-corrected chi connectivity index (χ3v) is 3.01. The molecule has 0 spiro atoms. The van der Waals surface area contributed by atoms with Crippen molar-refractivity contribution in [2.45, 2.75) is 38.6 Å². The molecule has 0 saturated heterocycles. The number of nitrogens with zero attached hydrogens (tertiary/aromatic N) is 1. The van der Waals surface area contributed by atoms with Crippen molar-refractivity contribution in [1.29, 1.82) is 0 Å². The number of rotatable bonds is 5. The summed E-state index contributed by atoms with van der Waals surface area (Å²) in [6.07, 6.45) is 2.51. The van der Waals surface area contributed by atoms with E-state index in [1.165, 1.54) is 12.1 Å². The van der Waals surface area contributed by atoms with Crippen LogP contribution in [0.4, 0.5) is 5.69 Å². The molecule has 4 nitrogen and oxygen atoms in total. The minimum atomic E-state index is -0.455. The van der Waals surface area contributed by atoms with Crippen LogP contribution in [0.3, 0.4) is 0 Å². The highest BCUT2D eigenvalue weighted by molar-refractivity contribution is 6.31. The fourth-order valence-corrected chi connectivity index (χ4v) is 2.13. The molecule has 0 radical (unpaired) electrons. The zero-order valence-corrected chi connectivity index (χ0v) is 10.8. The average Bonchev–Trinajstić information content (AvgIpc) is 2.20. The van der Waals surface area contributed by atoms with Gasteiger partial charge < -0.3 is 5.73 Å². The molecule has 17 heavy (non-hydrogen) atoms. The molecular weight excluding hydrogens is 240 g/mol. The topological polar surface area (TPSA) is 69.2 Å². The van der Waals surface area contributed by atoms with Gasteiger partial charge >= 0.3 is 0 Å².